The molecule has 5 nitrogen and oxygen atoms in total. The molecule has 1 aliphatic carbocycles. The molecule has 0 aromatic carbocycles. The first-order valence-electron chi connectivity index (χ1n) is 4.51. The Morgan fingerprint density at radius 3 is 2.62 bits per heavy atom. The minimum Gasteiger partial charge on any atom is -0.330 e. The summed E-state index contributed by atoms with van der Waals surface area (Å²) in [6.45, 7) is 0.628. The van der Waals surface area contributed by atoms with Crippen LogP contribution in [0.25, 0.3) is 0 Å². The third kappa shape index (κ3) is 4.04. The Bertz CT molecular complexity index is 252. The van der Waals surface area contributed by atoms with Crippen molar-refractivity contribution in [3.05, 3.63) is 0 Å². The van der Waals surface area contributed by atoms with Crippen LogP contribution in [0.5, 0.6) is 0 Å². The number of hydrogen-bond donors (Lipinski definition) is 3. The van der Waals surface area contributed by atoms with Crippen molar-refractivity contribution in [3.63, 3.8) is 0 Å². The molecule has 0 aromatic rings. The van der Waals surface area contributed by atoms with Gasteiger partial charge in [0.05, 0.1) is 0 Å². The molecule has 0 radical (unpaired) electrons. The van der Waals surface area contributed by atoms with Crippen LogP contribution in [0.4, 0.5) is 0 Å². The van der Waals surface area contributed by atoms with Crippen LogP contribution in [0, 0.1) is 5.92 Å². The van der Waals surface area contributed by atoms with Gasteiger partial charge in [0.2, 0.25) is 0 Å². The predicted molar refractivity (Wildman–Crippen MR) is 51.0 cm³/mol. The maximum absolute atomic E-state index is 10.7. The van der Waals surface area contributed by atoms with E-state index in [1.165, 1.54) is 0 Å². The summed E-state index contributed by atoms with van der Waals surface area (Å²) in [4.78, 5) is 0. The fraction of sp³-hybridized carbons (Fsp3) is 1.00. The molecule has 6 heteroatoms. The zero-order valence-electron chi connectivity index (χ0n) is 7.57. The lowest BCUT2D eigenvalue weighted by Crippen LogP contribution is -2.42. The lowest BCUT2D eigenvalue weighted by molar-refractivity contribution is 0.314. The van der Waals surface area contributed by atoms with Crippen LogP contribution in [0.1, 0.15) is 25.7 Å². The highest BCUT2D eigenvalue weighted by Gasteiger charge is 2.23. The molecule has 2 unspecified atom stereocenters. The van der Waals surface area contributed by atoms with Crippen molar-refractivity contribution in [1.82, 2.24) is 4.72 Å². The summed E-state index contributed by atoms with van der Waals surface area (Å²) in [6.07, 6.45) is 3.80. The third-order valence-corrected chi connectivity index (χ3v) is 3.11. The molecule has 0 spiro atoms. The Morgan fingerprint density at radius 1 is 1.38 bits per heavy atom. The van der Waals surface area contributed by atoms with Crippen LogP contribution < -0.4 is 15.6 Å². The Morgan fingerprint density at radius 2 is 2.08 bits per heavy atom. The first-order valence-corrected chi connectivity index (χ1v) is 6.06. The van der Waals surface area contributed by atoms with Crippen LogP contribution in [0.3, 0.4) is 0 Å². The highest BCUT2D eigenvalue weighted by Crippen LogP contribution is 2.23. The van der Waals surface area contributed by atoms with Crippen LogP contribution in [0.2, 0.25) is 0 Å². The number of hydrogen-bond acceptors (Lipinski definition) is 3. The first-order chi connectivity index (χ1) is 6.01. The molecule has 1 saturated carbocycles. The minimum absolute atomic E-state index is 0.0164. The number of nitrogens with one attached hydrogen (secondary N) is 1. The molecule has 13 heavy (non-hydrogen) atoms. The Balaban J connectivity index is 2.43. The molecule has 0 bridgehead atoms. The molecule has 0 aromatic heterocycles. The van der Waals surface area contributed by atoms with E-state index in [0.29, 0.717) is 12.5 Å². The first kappa shape index (κ1) is 10.9. The maximum atomic E-state index is 10.7. The lowest BCUT2D eigenvalue weighted by atomic mass is 9.86. The standard InChI is InChI=1S/C7H17N3O2S/c8-5-6-2-1-3-7(4-6)10-13(9,11)12/h6-7,10H,1-5,8H2,(H2,9,11,12). The average molecular weight is 207 g/mol. The Hall–Kier alpha value is -0.170. The molecular formula is C7H17N3O2S. The van der Waals surface area contributed by atoms with Crippen molar-refractivity contribution in [3.8, 4) is 0 Å². The molecule has 78 valence electrons. The Labute approximate surface area is 79.0 Å². The highest BCUT2D eigenvalue weighted by atomic mass is 32.2. The second-order valence-corrected chi connectivity index (χ2v) is 4.95. The van der Waals surface area contributed by atoms with E-state index in [1.54, 1.807) is 0 Å². The van der Waals surface area contributed by atoms with Gasteiger partial charge >= 0.3 is 0 Å². The molecular weight excluding hydrogens is 190 g/mol. The Kier molecular flexibility index (Phi) is 3.66. The van der Waals surface area contributed by atoms with Crippen LogP contribution in [-0.4, -0.2) is 21.0 Å². The van der Waals surface area contributed by atoms with E-state index in [1.807, 2.05) is 0 Å². The minimum atomic E-state index is -3.55. The van der Waals surface area contributed by atoms with E-state index in [0.717, 1.165) is 25.7 Å². The molecule has 1 aliphatic rings. The summed E-state index contributed by atoms with van der Waals surface area (Å²) in [6, 6.07) is -0.0164. The quantitative estimate of drug-likeness (QED) is 0.570. The van der Waals surface area contributed by atoms with E-state index in [4.69, 9.17) is 10.9 Å². The van der Waals surface area contributed by atoms with Crippen molar-refractivity contribution in [2.75, 3.05) is 6.54 Å². The van der Waals surface area contributed by atoms with E-state index in [2.05, 4.69) is 4.72 Å². The summed E-state index contributed by atoms with van der Waals surface area (Å²) in [5.74, 6) is 0.438. The van der Waals surface area contributed by atoms with Gasteiger partial charge in [0.1, 0.15) is 0 Å². The van der Waals surface area contributed by atoms with Gasteiger partial charge in [-0.1, -0.05) is 6.42 Å². The smallest absolute Gasteiger partial charge is 0.274 e. The van der Waals surface area contributed by atoms with Gasteiger partial charge in [-0.2, -0.15) is 13.1 Å². The monoisotopic (exact) mass is 207 g/mol. The maximum Gasteiger partial charge on any atom is 0.274 e. The molecule has 1 rings (SSSR count). The second kappa shape index (κ2) is 4.36. The third-order valence-electron chi connectivity index (χ3n) is 2.45. The molecule has 5 N–H and O–H groups in total. The van der Waals surface area contributed by atoms with Gasteiger partial charge in [0, 0.05) is 6.04 Å². The number of rotatable bonds is 3. The molecule has 1 fully saturated rings. The van der Waals surface area contributed by atoms with Crippen LogP contribution in [0.15, 0.2) is 0 Å². The summed E-state index contributed by atoms with van der Waals surface area (Å²) < 4.78 is 23.9. The van der Waals surface area contributed by atoms with Gasteiger partial charge in [0.25, 0.3) is 10.2 Å². The molecule has 0 heterocycles. The highest BCUT2D eigenvalue weighted by molar-refractivity contribution is 7.87. The van der Waals surface area contributed by atoms with E-state index < -0.39 is 10.2 Å². The van der Waals surface area contributed by atoms with Gasteiger partial charge < -0.3 is 5.73 Å². The van der Waals surface area contributed by atoms with E-state index >= 15 is 0 Å². The summed E-state index contributed by atoms with van der Waals surface area (Å²) in [5, 5.41) is 4.88. The van der Waals surface area contributed by atoms with Crippen molar-refractivity contribution < 1.29 is 8.42 Å². The van der Waals surface area contributed by atoms with Gasteiger partial charge in [0.15, 0.2) is 0 Å². The zero-order valence-corrected chi connectivity index (χ0v) is 8.39. The van der Waals surface area contributed by atoms with Gasteiger partial charge in [-0.05, 0) is 31.7 Å². The normalized spacial score (nSPS) is 30.3. The van der Waals surface area contributed by atoms with Gasteiger partial charge in [-0.15, -0.1) is 0 Å². The predicted octanol–water partition coefficient (Wildman–Crippen LogP) is -0.703. The van der Waals surface area contributed by atoms with Gasteiger partial charge in [-0.3, -0.25) is 0 Å². The topological polar surface area (TPSA) is 98.2 Å². The average Bonchev–Trinajstić information content (AvgIpc) is 2.01. The molecule has 0 aliphatic heterocycles. The number of nitrogens with two attached hydrogens (primary N) is 2. The van der Waals surface area contributed by atoms with Crippen molar-refractivity contribution in [1.29, 1.82) is 0 Å². The zero-order chi connectivity index (χ0) is 9.90. The molecule has 0 saturated heterocycles. The van der Waals surface area contributed by atoms with Crippen LogP contribution in [-0.2, 0) is 10.2 Å². The molecule has 2 atom stereocenters. The fourth-order valence-electron chi connectivity index (χ4n) is 1.84. The molecule has 0 amide bonds. The summed E-state index contributed by atoms with van der Waals surface area (Å²) >= 11 is 0. The lowest BCUT2D eigenvalue weighted by Gasteiger charge is -2.27. The van der Waals surface area contributed by atoms with Gasteiger partial charge in [-0.25, -0.2) is 5.14 Å². The second-order valence-electron chi connectivity index (χ2n) is 3.63. The van der Waals surface area contributed by atoms with E-state index in [9.17, 15) is 8.42 Å². The van der Waals surface area contributed by atoms with Crippen molar-refractivity contribution >= 4 is 10.2 Å². The summed E-state index contributed by atoms with van der Waals surface area (Å²) in [7, 11) is -3.55. The van der Waals surface area contributed by atoms with Crippen molar-refractivity contribution in [2.45, 2.75) is 31.7 Å². The largest absolute Gasteiger partial charge is 0.330 e. The van der Waals surface area contributed by atoms with Crippen molar-refractivity contribution in [2.24, 2.45) is 16.8 Å². The van der Waals surface area contributed by atoms with Crippen LogP contribution >= 0.6 is 0 Å². The summed E-state index contributed by atoms with van der Waals surface area (Å²) in [5.41, 5.74) is 5.52. The van der Waals surface area contributed by atoms with E-state index in [-0.39, 0.29) is 6.04 Å². The SMILES string of the molecule is NCC1CCCC(NS(N)(=O)=O)C1. The fourth-order valence-corrected chi connectivity index (χ4v) is 2.52.